The molecular weight excluding hydrogens is 274 g/mol. The van der Waals surface area contributed by atoms with Crippen molar-refractivity contribution in [1.29, 1.82) is 0 Å². The highest BCUT2D eigenvalue weighted by Crippen LogP contribution is 2.29. The number of hydrogen-bond donors (Lipinski definition) is 1. The highest BCUT2D eigenvalue weighted by atomic mass is 16.3. The van der Waals surface area contributed by atoms with Gasteiger partial charge in [0.25, 0.3) is 0 Å². The van der Waals surface area contributed by atoms with Crippen LogP contribution in [0.25, 0.3) is 0 Å². The fraction of sp³-hybridized carbons (Fsp3) is 0.833. The van der Waals surface area contributed by atoms with Crippen molar-refractivity contribution in [2.75, 3.05) is 0 Å². The van der Waals surface area contributed by atoms with Gasteiger partial charge in [-0.3, -0.25) is 0 Å². The van der Waals surface area contributed by atoms with Crippen molar-refractivity contribution in [1.82, 2.24) is 15.2 Å². The van der Waals surface area contributed by atoms with E-state index in [1.165, 1.54) is 57.8 Å². The second-order valence-corrected chi connectivity index (χ2v) is 6.99. The second kappa shape index (κ2) is 9.06. The molecular formula is C18H31N3O. The van der Waals surface area contributed by atoms with Crippen molar-refractivity contribution in [3.05, 3.63) is 11.5 Å². The summed E-state index contributed by atoms with van der Waals surface area (Å²) in [6.07, 6.45) is 14.2. The normalized spacial score (nSPS) is 19.6. The van der Waals surface area contributed by atoms with Crippen LogP contribution in [0.15, 0.2) is 0 Å². The summed E-state index contributed by atoms with van der Waals surface area (Å²) in [7, 11) is 0. The number of rotatable bonds is 2. The van der Waals surface area contributed by atoms with Crippen LogP contribution in [0.2, 0.25) is 0 Å². The van der Waals surface area contributed by atoms with Gasteiger partial charge in [-0.05, 0) is 12.8 Å². The lowest BCUT2D eigenvalue weighted by Gasteiger charge is -2.17. The van der Waals surface area contributed by atoms with Crippen molar-refractivity contribution >= 4 is 0 Å². The van der Waals surface area contributed by atoms with E-state index in [9.17, 15) is 5.11 Å². The van der Waals surface area contributed by atoms with Gasteiger partial charge in [0.1, 0.15) is 5.69 Å². The summed E-state index contributed by atoms with van der Waals surface area (Å²) >= 11 is 0. The zero-order valence-electron chi connectivity index (χ0n) is 14.2. The lowest BCUT2D eigenvalue weighted by Crippen LogP contribution is -2.09. The Morgan fingerprint density at radius 2 is 1.32 bits per heavy atom. The number of hydrogen-bond acceptors (Lipinski definition) is 4. The minimum Gasteiger partial charge on any atom is -0.492 e. The summed E-state index contributed by atoms with van der Waals surface area (Å²) < 4.78 is 0. The lowest BCUT2D eigenvalue weighted by molar-refractivity contribution is 0.410. The SMILES string of the molecule is CC(C)c1nnc(C2CCCCCCCCCCC2)nc1O. The Balaban J connectivity index is 2.03. The molecule has 1 aliphatic rings. The molecule has 0 amide bonds. The van der Waals surface area contributed by atoms with Gasteiger partial charge in [-0.15, -0.1) is 10.2 Å². The molecule has 22 heavy (non-hydrogen) atoms. The lowest BCUT2D eigenvalue weighted by atomic mass is 9.92. The highest BCUT2D eigenvalue weighted by Gasteiger charge is 2.19. The highest BCUT2D eigenvalue weighted by molar-refractivity contribution is 5.19. The molecule has 1 aromatic heterocycles. The summed E-state index contributed by atoms with van der Waals surface area (Å²) in [5.74, 6) is 1.34. The Labute approximate surface area is 134 Å². The van der Waals surface area contributed by atoms with Crippen LogP contribution in [0, 0.1) is 0 Å². The molecule has 0 saturated heterocycles. The fourth-order valence-corrected chi connectivity index (χ4v) is 3.31. The molecule has 0 atom stereocenters. The number of aromatic nitrogens is 3. The number of nitrogens with zero attached hydrogens (tertiary/aromatic N) is 3. The maximum atomic E-state index is 10.1. The molecule has 1 fully saturated rings. The van der Waals surface area contributed by atoms with Crippen molar-refractivity contribution in [3.63, 3.8) is 0 Å². The van der Waals surface area contributed by atoms with E-state index >= 15 is 0 Å². The molecule has 0 aromatic carbocycles. The first-order valence-corrected chi connectivity index (χ1v) is 9.12. The Morgan fingerprint density at radius 1 is 0.818 bits per heavy atom. The summed E-state index contributed by atoms with van der Waals surface area (Å²) in [4.78, 5) is 4.37. The predicted octanol–water partition coefficient (Wildman–Crippen LogP) is 5.09. The zero-order chi connectivity index (χ0) is 15.8. The minimum atomic E-state index is 0.0751. The minimum absolute atomic E-state index is 0.0751. The maximum Gasteiger partial charge on any atom is 0.237 e. The number of aromatic hydroxyl groups is 1. The van der Waals surface area contributed by atoms with Crippen LogP contribution in [-0.2, 0) is 0 Å². The first-order chi connectivity index (χ1) is 10.7. The molecule has 1 N–H and O–H groups in total. The molecule has 4 heteroatoms. The molecule has 0 unspecified atom stereocenters. The molecule has 1 heterocycles. The van der Waals surface area contributed by atoms with Gasteiger partial charge in [0.15, 0.2) is 5.82 Å². The fourth-order valence-electron chi connectivity index (χ4n) is 3.31. The molecule has 0 radical (unpaired) electrons. The summed E-state index contributed by atoms with van der Waals surface area (Å²) in [5, 5.41) is 18.6. The molecule has 2 rings (SSSR count). The zero-order valence-corrected chi connectivity index (χ0v) is 14.2. The van der Waals surface area contributed by atoms with Crippen LogP contribution >= 0.6 is 0 Å². The van der Waals surface area contributed by atoms with Crippen molar-refractivity contribution < 1.29 is 5.11 Å². The predicted molar refractivity (Wildman–Crippen MR) is 89.1 cm³/mol. The molecule has 1 saturated carbocycles. The maximum absolute atomic E-state index is 10.1. The average Bonchev–Trinajstić information content (AvgIpc) is 2.47. The molecule has 0 bridgehead atoms. The summed E-state index contributed by atoms with van der Waals surface area (Å²) in [5.41, 5.74) is 0.608. The monoisotopic (exact) mass is 305 g/mol. The van der Waals surface area contributed by atoms with E-state index in [1.807, 2.05) is 13.8 Å². The van der Waals surface area contributed by atoms with Gasteiger partial charge in [-0.25, -0.2) is 0 Å². The van der Waals surface area contributed by atoms with E-state index in [-0.39, 0.29) is 11.8 Å². The van der Waals surface area contributed by atoms with E-state index in [1.54, 1.807) is 0 Å². The Kier molecular flexibility index (Phi) is 7.07. The van der Waals surface area contributed by atoms with Gasteiger partial charge in [0, 0.05) is 11.8 Å². The van der Waals surface area contributed by atoms with Crippen molar-refractivity contribution in [2.24, 2.45) is 0 Å². The first-order valence-electron chi connectivity index (χ1n) is 9.12. The molecule has 0 aliphatic heterocycles. The van der Waals surface area contributed by atoms with Gasteiger partial charge < -0.3 is 5.11 Å². The molecule has 124 valence electrons. The van der Waals surface area contributed by atoms with Crippen LogP contribution in [0.4, 0.5) is 0 Å². The van der Waals surface area contributed by atoms with E-state index < -0.39 is 0 Å². The van der Waals surface area contributed by atoms with Gasteiger partial charge in [0.2, 0.25) is 5.88 Å². The van der Waals surface area contributed by atoms with Gasteiger partial charge >= 0.3 is 0 Å². The molecule has 1 aromatic rings. The summed E-state index contributed by atoms with van der Waals surface area (Å²) in [6.45, 7) is 4.00. The van der Waals surface area contributed by atoms with Crippen LogP contribution in [0.3, 0.4) is 0 Å². The van der Waals surface area contributed by atoms with E-state index in [4.69, 9.17) is 0 Å². The molecule has 4 nitrogen and oxygen atoms in total. The molecule has 1 aliphatic carbocycles. The van der Waals surface area contributed by atoms with Crippen LogP contribution in [0.1, 0.15) is 108 Å². The Morgan fingerprint density at radius 3 is 1.77 bits per heavy atom. The van der Waals surface area contributed by atoms with Crippen molar-refractivity contribution in [2.45, 2.75) is 96.3 Å². The third-order valence-corrected chi connectivity index (χ3v) is 4.73. The molecule has 0 spiro atoms. The van der Waals surface area contributed by atoms with Crippen LogP contribution < -0.4 is 0 Å². The Hall–Kier alpha value is -1.19. The van der Waals surface area contributed by atoms with Gasteiger partial charge in [-0.1, -0.05) is 71.6 Å². The quantitative estimate of drug-likeness (QED) is 0.827. The second-order valence-electron chi connectivity index (χ2n) is 6.99. The first kappa shape index (κ1) is 17.2. The average molecular weight is 305 g/mol. The van der Waals surface area contributed by atoms with E-state index in [0.29, 0.717) is 11.6 Å². The van der Waals surface area contributed by atoms with Crippen molar-refractivity contribution in [3.8, 4) is 5.88 Å². The van der Waals surface area contributed by atoms with Gasteiger partial charge in [-0.2, -0.15) is 4.98 Å². The third kappa shape index (κ3) is 5.22. The van der Waals surface area contributed by atoms with Crippen LogP contribution in [0.5, 0.6) is 5.88 Å². The smallest absolute Gasteiger partial charge is 0.237 e. The topological polar surface area (TPSA) is 58.9 Å². The van der Waals surface area contributed by atoms with Crippen LogP contribution in [-0.4, -0.2) is 20.3 Å². The largest absolute Gasteiger partial charge is 0.492 e. The van der Waals surface area contributed by atoms with E-state index in [2.05, 4.69) is 15.2 Å². The van der Waals surface area contributed by atoms with E-state index in [0.717, 1.165) is 18.7 Å². The summed E-state index contributed by atoms with van der Waals surface area (Å²) in [6, 6.07) is 0. The van der Waals surface area contributed by atoms with Gasteiger partial charge in [0.05, 0.1) is 0 Å². The third-order valence-electron chi connectivity index (χ3n) is 4.73. The standard InChI is InChI=1S/C18H31N3O/c1-14(2)16-18(22)19-17(21-20-16)15-12-10-8-6-4-3-5-7-9-11-13-15/h14-15H,3-13H2,1-2H3,(H,19,21,22). The Bertz CT molecular complexity index is 436.